The normalized spacial score (nSPS) is 16.2. The number of nitrogens with one attached hydrogen (secondary N) is 1. The van der Waals surface area contributed by atoms with Gasteiger partial charge >= 0.3 is 0 Å². The van der Waals surface area contributed by atoms with Crippen LogP contribution in [0.3, 0.4) is 0 Å². The minimum atomic E-state index is -3.45. The summed E-state index contributed by atoms with van der Waals surface area (Å²) in [5.41, 5.74) is 2.00. The zero-order chi connectivity index (χ0) is 21.8. The lowest BCUT2D eigenvalue weighted by atomic mass is 10.1. The zero-order valence-electron chi connectivity index (χ0n) is 17.4. The first kappa shape index (κ1) is 21.7. The van der Waals surface area contributed by atoms with E-state index in [1.54, 1.807) is 29.0 Å². The summed E-state index contributed by atoms with van der Waals surface area (Å²) in [6.07, 6.45) is 8.39. The van der Waals surface area contributed by atoms with Crippen molar-refractivity contribution in [2.45, 2.75) is 42.9 Å². The molecule has 0 radical (unpaired) electrons. The monoisotopic (exact) mass is 458 g/mol. The molecule has 1 amide bonds. The molecule has 1 N–H and O–H groups in total. The summed E-state index contributed by atoms with van der Waals surface area (Å²) >= 11 is 1.19. The number of sulfonamides is 1. The van der Waals surface area contributed by atoms with E-state index >= 15 is 0 Å². The Bertz CT molecular complexity index is 1120. The van der Waals surface area contributed by atoms with Crippen LogP contribution in [0, 0.1) is 0 Å². The lowest BCUT2D eigenvalue weighted by Crippen LogP contribution is -2.35. The topological polar surface area (TPSA) is 84.3 Å². The molecule has 1 unspecified atom stereocenters. The predicted molar refractivity (Wildman–Crippen MR) is 121 cm³/mol. The first-order valence-corrected chi connectivity index (χ1v) is 12.7. The van der Waals surface area contributed by atoms with Gasteiger partial charge in [-0.2, -0.15) is 4.31 Å². The second-order valence-electron chi connectivity index (χ2n) is 7.71. The fourth-order valence-electron chi connectivity index (χ4n) is 3.71. The zero-order valence-corrected chi connectivity index (χ0v) is 19.0. The van der Waals surface area contributed by atoms with Gasteiger partial charge in [-0.15, -0.1) is 11.3 Å². The number of piperidine rings is 1. The third kappa shape index (κ3) is 5.06. The molecule has 0 saturated carbocycles. The van der Waals surface area contributed by atoms with Crippen molar-refractivity contribution in [1.29, 1.82) is 0 Å². The molecule has 1 aromatic carbocycles. The molecule has 1 aliphatic heterocycles. The average molecular weight is 459 g/mol. The minimum absolute atomic E-state index is 0.130. The van der Waals surface area contributed by atoms with Crippen LogP contribution in [0.25, 0.3) is 5.69 Å². The van der Waals surface area contributed by atoms with Crippen molar-refractivity contribution < 1.29 is 13.2 Å². The smallest absolute Gasteiger partial charge is 0.252 e. The van der Waals surface area contributed by atoms with Crippen molar-refractivity contribution >= 4 is 27.3 Å². The molecule has 31 heavy (non-hydrogen) atoms. The molecule has 7 nitrogen and oxygen atoms in total. The number of benzene rings is 1. The molecule has 3 heterocycles. The summed E-state index contributed by atoms with van der Waals surface area (Å²) in [6, 6.07) is 11.1. The second kappa shape index (κ2) is 9.33. The lowest BCUT2D eigenvalue weighted by molar-refractivity contribution is -0.121. The Labute approximate surface area is 186 Å². The largest absolute Gasteiger partial charge is 0.349 e. The van der Waals surface area contributed by atoms with Gasteiger partial charge in [0.15, 0.2) is 0 Å². The lowest BCUT2D eigenvalue weighted by Gasteiger charge is -2.25. The quantitative estimate of drug-likeness (QED) is 0.587. The van der Waals surface area contributed by atoms with Crippen LogP contribution < -0.4 is 5.32 Å². The van der Waals surface area contributed by atoms with E-state index in [4.69, 9.17) is 0 Å². The number of aromatic nitrogens is 2. The number of rotatable bonds is 7. The van der Waals surface area contributed by atoms with Crippen LogP contribution >= 0.6 is 11.3 Å². The van der Waals surface area contributed by atoms with E-state index in [1.807, 2.05) is 42.0 Å². The Morgan fingerprint density at radius 1 is 1.13 bits per heavy atom. The Morgan fingerprint density at radius 2 is 1.87 bits per heavy atom. The predicted octanol–water partition coefficient (Wildman–Crippen LogP) is 3.53. The maximum atomic E-state index is 12.8. The maximum absolute atomic E-state index is 12.8. The van der Waals surface area contributed by atoms with Crippen LogP contribution in [-0.2, 0) is 21.2 Å². The highest BCUT2D eigenvalue weighted by atomic mass is 32.2. The number of nitrogens with zero attached hydrogens (tertiary/aromatic N) is 3. The number of amides is 1. The van der Waals surface area contributed by atoms with E-state index in [1.165, 1.54) is 11.3 Å². The summed E-state index contributed by atoms with van der Waals surface area (Å²) < 4.78 is 29.4. The Hall–Kier alpha value is -2.49. The standard InChI is InChI=1S/C22H26N4O3S2/c1-17(18-5-7-19(8-6-18)25-14-11-23-16-25)24-21(27)15-20-9-10-22(30-20)31(28,29)26-12-3-2-4-13-26/h5-11,14,16-17H,2-4,12-13,15H2,1H3,(H,24,27). The Balaban J connectivity index is 1.35. The van der Waals surface area contributed by atoms with Gasteiger partial charge in [0.25, 0.3) is 10.0 Å². The van der Waals surface area contributed by atoms with Crippen LogP contribution in [0.4, 0.5) is 0 Å². The fourth-order valence-corrected chi connectivity index (χ4v) is 6.73. The molecule has 1 atom stereocenters. The molecule has 164 valence electrons. The highest BCUT2D eigenvalue weighted by molar-refractivity contribution is 7.91. The SMILES string of the molecule is CC(NC(=O)Cc1ccc(S(=O)(=O)N2CCCCC2)s1)c1ccc(-n2ccnc2)cc1. The van der Waals surface area contributed by atoms with Gasteiger partial charge < -0.3 is 9.88 Å². The fraction of sp³-hybridized carbons (Fsp3) is 0.364. The summed E-state index contributed by atoms with van der Waals surface area (Å²) in [7, 11) is -3.45. The van der Waals surface area contributed by atoms with Crippen molar-refractivity contribution in [2.24, 2.45) is 0 Å². The molecule has 3 aromatic rings. The van der Waals surface area contributed by atoms with Gasteiger partial charge in [0.1, 0.15) is 4.21 Å². The number of carbonyl (C=O) groups excluding carboxylic acids is 1. The van der Waals surface area contributed by atoms with E-state index in [-0.39, 0.29) is 18.4 Å². The number of hydrogen-bond donors (Lipinski definition) is 1. The van der Waals surface area contributed by atoms with Crippen LogP contribution in [0.5, 0.6) is 0 Å². The highest BCUT2D eigenvalue weighted by Gasteiger charge is 2.27. The van der Waals surface area contributed by atoms with Crippen LogP contribution in [0.1, 0.15) is 42.7 Å². The third-order valence-corrected chi connectivity index (χ3v) is 8.91. The first-order chi connectivity index (χ1) is 14.9. The summed E-state index contributed by atoms with van der Waals surface area (Å²) in [5.74, 6) is -0.130. The molecular weight excluding hydrogens is 432 g/mol. The summed E-state index contributed by atoms with van der Waals surface area (Å²) in [6.45, 7) is 3.09. The molecule has 0 spiro atoms. The molecule has 1 fully saturated rings. The van der Waals surface area contributed by atoms with Crippen molar-refractivity contribution in [1.82, 2.24) is 19.2 Å². The molecule has 9 heteroatoms. The van der Waals surface area contributed by atoms with E-state index in [0.29, 0.717) is 17.3 Å². The molecule has 4 rings (SSSR count). The molecule has 1 saturated heterocycles. The highest BCUT2D eigenvalue weighted by Crippen LogP contribution is 2.27. The van der Waals surface area contributed by atoms with Gasteiger partial charge in [0, 0.05) is 36.0 Å². The maximum Gasteiger partial charge on any atom is 0.252 e. The van der Waals surface area contributed by atoms with E-state index in [0.717, 1.165) is 35.4 Å². The van der Waals surface area contributed by atoms with Gasteiger partial charge in [-0.05, 0) is 49.6 Å². The number of thiophene rings is 1. The first-order valence-electron chi connectivity index (χ1n) is 10.4. The number of imidazole rings is 1. The van der Waals surface area contributed by atoms with Gasteiger partial charge in [0.2, 0.25) is 5.91 Å². The summed E-state index contributed by atoms with van der Waals surface area (Å²) in [5, 5.41) is 3.00. The van der Waals surface area contributed by atoms with Crippen LogP contribution in [0.2, 0.25) is 0 Å². The van der Waals surface area contributed by atoms with Crippen molar-refractivity contribution in [2.75, 3.05) is 13.1 Å². The average Bonchev–Trinajstić information content (AvgIpc) is 3.47. The van der Waals surface area contributed by atoms with E-state index < -0.39 is 10.0 Å². The van der Waals surface area contributed by atoms with Crippen molar-refractivity contribution in [3.63, 3.8) is 0 Å². The Kier molecular flexibility index (Phi) is 6.54. The van der Waals surface area contributed by atoms with Crippen molar-refractivity contribution in [3.8, 4) is 5.69 Å². The van der Waals surface area contributed by atoms with Gasteiger partial charge in [-0.3, -0.25) is 4.79 Å². The molecule has 0 aliphatic carbocycles. The number of hydrogen-bond acceptors (Lipinski definition) is 5. The molecule has 1 aliphatic rings. The van der Waals surface area contributed by atoms with Crippen molar-refractivity contribution in [3.05, 3.63) is 65.6 Å². The molecular formula is C22H26N4O3S2. The summed E-state index contributed by atoms with van der Waals surface area (Å²) in [4.78, 5) is 17.3. The minimum Gasteiger partial charge on any atom is -0.349 e. The van der Waals surface area contributed by atoms with E-state index in [9.17, 15) is 13.2 Å². The van der Waals surface area contributed by atoms with Gasteiger partial charge in [-0.25, -0.2) is 13.4 Å². The Morgan fingerprint density at radius 3 is 2.55 bits per heavy atom. The second-order valence-corrected chi connectivity index (χ2v) is 11.0. The van der Waals surface area contributed by atoms with E-state index in [2.05, 4.69) is 10.3 Å². The third-order valence-electron chi connectivity index (χ3n) is 5.45. The molecule has 0 bridgehead atoms. The van der Waals surface area contributed by atoms with Gasteiger partial charge in [0.05, 0.1) is 18.8 Å². The van der Waals surface area contributed by atoms with Gasteiger partial charge in [-0.1, -0.05) is 18.6 Å². The van der Waals surface area contributed by atoms with Crippen LogP contribution in [-0.4, -0.2) is 41.3 Å². The number of carbonyl (C=O) groups is 1. The van der Waals surface area contributed by atoms with Crippen LogP contribution in [0.15, 0.2) is 59.3 Å². The molecule has 2 aromatic heterocycles.